The van der Waals surface area contributed by atoms with Crippen molar-refractivity contribution in [2.75, 3.05) is 37.0 Å². The van der Waals surface area contributed by atoms with Crippen LogP contribution in [0.4, 0.5) is 11.4 Å². The van der Waals surface area contributed by atoms with E-state index in [0.29, 0.717) is 0 Å². The Morgan fingerprint density at radius 3 is 1.31 bits per heavy atom. The molecule has 0 radical (unpaired) electrons. The second kappa shape index (κ2) is 17.2. The van der Waals surface area contributed by atoms with Crippen LogP contribution in [0, 0.1) is 12.1 Å². The molecule has 0 fully saturated rings. The molecule has 0 saturated heterocycles. The van der Waals surface area contributed by atoms with Crippen molar-refractivity contribution >= 4 is 53.7 Å². The van der Waals surface area contributed by atoms with Gasteiger partial charge >= 0.3 is 55.4 Å². The molecule has 220 valence electrons. The van der Waals surface area contributed by atoms with E-state index in [2.05, 4.69) is 77.5 Å². The van der Waals surface area contributed by atoms with Gasteiger partial charge < -0.3 is 19.8 Å². The molecule has 0 unspecified atom stereocenters. The molecule has 6 rings (SSSR count). The number of rotatable bonds is 2. The Kier molecular flexibility index (Phi) is 13.8. The summed E-state index contributed by atoms with van der Waals surface area (Å²) in [6, 6.07) is 37.4. The summed E-state index contributed by atoms with van der Waals surface area (Å²) >= 11 is 4.44. The number of hydrogen-bond acceptors (Lipinski definition) is 4. The van der Waals surface area contributed by atoms with Crippen molar-refractivity contribution in [3.63, 3.8) is 0 Å². The van der Waals surface area contributed by atoms with E-state index in [4.69, 9.17) is 0 Å². The number of anilines is 2. The van der Waals surface area contributed by atoms with Gasteiger partial charge in [0.1, 0.15) is 13.1 Å². The van der Waals surface area contributed by atoms with Crippen LogP contribution in [-0.4, -0.2) is 50.4 Å². The fourth-order valence-electron chi connectivity index (χ4n) is 4.42. The van der Waals surface area contributed by atoms with Gasteiger partial charge in [0.2, 0.25) is 11.8 Å². The molecule has 0 saturated carbocycles. The molecule has 4 aromatic carbocycles. The number of benzodiazepines with no additional fused rings is 2. The molecule has 0 N–H and O–H groups in total. The number of carbonyl (C=O) groups excluding carboxylic acids is 2. The predicted molar refractivity (Wildman–Crippen MR) is 163 cm³/mol. The number of halogens is 2. The third-order valence-electron chi connectivity index (χ3n) is 6.46. The summed E-state index contributed by atoms with van der Waals surface area (Å²) in [6.45, 7) is 0.340. The number of para-hydroxylation sites is 2. The molecule has 0 bridgehead atoms. The number of nitrogens with zero attached hydrogens (tertiary/aromatic N) is 4. The Morgan fingerprint density at radius 2 is 0.952 bits per heavy atom. The molecule has 2 heterocycles. The van der Waals surface area contributed by atoms with E-state index < -0.39 is 0 Å². The van der Waals surface area contributed by atoms with Crippen LogP contribution in [0.1, 0.15) is 22.3 Å². The summed E-state index contributed by atoms with van der Waals surface area (Å²) in [5.74, 6) is -0.00300. The number of hydrogen-bond donors (Lipinski definition) is 0. The summed E-state index contributed by atoms with van der Waals surface area (Å²) in [4.78, 5) is 36.2. The molecule has 0 spiro atoms. The van der Waals surface area contributed by atoms with Gasteiger partial charge in [0, 0.05) is 25.5 Å². The molecule has 0 atom stereocenters. The molecule has 4 aromatic rings. The number of carbonyl (C=O) groups is 2. The Morgan fingerprint density at radius 1 is 0.595 bits per heavy atom. The Balaban J connectivity index is 0.000000206. The van der Waals surface area contributed by atoms with Crippen molar-refractivity contribution < 1.29 is 46.0 Å². The normalized spacial score (nSPS) is 13.6. The Hall–Kier alpha value is -2.94. The average molecular weight is 782 g/mol. The topological polar surface area (TPSA) is 65.3 Å². The first-order valence-corrected chi connectivity index (χ1v) is 16.5. The number of aliphatic imine (C=N–C) groups is 2. The molecule has 6 nitrogen and oxygen atoms in total. The first-order chi connectivity index (χ1) is 20.5. The molecule has 0 aromatic heterocycles. The monoisotopic (exact) mass is 780 g/mol. The van der Waals surface area contributed by atoms with E-state index in [9.17, 15) is 9.59 Å². The van der Waals surface area contributed by atoms with Crippen molar-refractivity contribution in [1.29, 1.82) is 0 Å². The number of likely N-dealkylation sites (N-methyl/N-ethyl adjacent to an activating group) is 2. The molecule has 0 aliphatic carbocycles. The molecule has 2 aliphatic heterocycles. The van der Waals surface area contributed by atoms with Crippen LogP contribution in [0.15, 0.2) is 107 Å². The first kappa shape index (κ1) is 33.6. The van der Waals surface area contributed by atoms with E-state index in [1.54, 1.807) is 23.9 Å². The van der Waals surface area contributed by atoms with E-state index in [1.807, 2.05) is 97.1 Å². The second-order valence-electron chi connectivity index (χ2n) is 8.82. The minimum absolute atomic E-state index is 0.00150. The molecule has 2 aliphatic rings. The van der Waals surface area contributed by atoms with Crippen LogP contribution in [0.25, 0.3) is 0 Å². The molecule has 42 heavy (non-hydrogen) atoms. The summed E-state index contributed by atoms with van der Waals surface area (Å²) in [5.41, 5.74) is 7.21. The Labute approximate surface area is 276 Å². The van der Waals surface area contributed by atoms with Gasteiger partial charge in [-0.15, -0.1) is 71.8 Å². The standard InChI is InChI=1S/2C16H13N2O.2ClH.2Pd/c2*1-18-14-10-6-5-9-13(14)16(17-11-15(18)19)12-7-3-2-4-8-12;;;;/h2*2-7,9-10H,11H2,1H3;2*1H;;/q2*-1;;;2*+2/p-2. The second-order valence-corrected chi connectivity index (χ2v) is 8.82. The van der Waals surface area contributed by atoms with Gasteiger partial charge in [-0.25, -0.2) is 0 Å². The van der Waals surface area contributed by atoms with E-state index >= 15 is 0 Å². The first-order valence-electron chi connectivity index (χ1n) is 12.5. The van der Waals surface area contributed by atoms with Crippen LogP contribution in [0.2, 0.25) is 0 Å². The predicted octanol–water partition coefficient (Wildman–Crippen LogP) is 5.98. The summed E-state index contributed by atoms with van der Waals surface area (Å²) in [6.07, 6.45) is 0. The zero-order chi connectivity index (χ0) is 30.5. The number of amides is 2. The van der Waals surface area contributed by atoms with Gasteiger partial charge in [-0.3, -0.25) is 9.59 Å². The summed E-state index contributed by atoms with van der Waals surface area (Å²) in [7, 11) is 12.5. The molecular weight excluding hydrogens is 756 g/mol. The molecular formula is C32H26Cl2N4O2Pd2. The van der Waals surface area contributed by atoms with E-state index in [1.165, 1.54) is 0 Å². The maximum atomic E-state index is 12.0. The van der Waals surface area contributed by atoms with Crippen LogP contribution in [-0.2, 0) is 46.0 Å². The quantitative estimate of drug-likeness (QED) is 0.186. The van der Waals surface area contributed by atoms with E-state index in [0.717, 1.165) is 45.1 Å². The van der Waals surface area contributed by atoms with Crippen molar-refractivity contribution in [3.05, 3.63) is 131 Å². The summed E-state index contributed by atoms with van der Waals surface area (Å²) in [5, 5.41) is 0. The van der Waals surface area contributed by atoms with Crippen molar-refractivity contribution in [1.82, 2.24) is 0 Å². The van der Waals surface area contributed by atoms with Crippen LogP contribution >= 0.6 is 19.1 Å². The zero-order valence-electron chi connectivity index (χ0n) is 22.6. The van der Waals surface area contributed by atoms with Crippen LogP contribution in [0.3, 0.4) is 0 Å². The SMILES string of the molecule is CN1C(=O)CN=C(c2[c-]cccc2)c2ccccc21.CN1C(=O)CN=C(c2[c-]cccc2)c2ccccc21.[Cl][Pd+].[Cl][Pd+]. The number of fused-ring (bicyclic) bond motifs is 2. The fourth-order valence-corrected chi connectivity index (χ4v) is 4.42. The Bertz CT molecular complexity index is 1430. The van der Waals surface area contributed by atoms with Gasteiger partial charge in [-0.2, -0.15) is 0 Å². The zero-order valence-corrected chi connectivity index (χ0v) is 27.3. The van der Waals surface area contributed by atoms with Gasteiger partial charge in [0.15, 0.2) is 0 Å². The van der Waals surface area contributed by atoms with Gasteiger partial charge in [-0.1, -0.05) is 36.4 Å². The van der Waals surface area contributed by atoms with Gasteiger partial charge in [0.25, 0.3) is 0 Å². The van der Waals surface area contributed by atoms with Crippen LogP contribution < -0.4 is 9.80 Å². The fraction of sp³-hybridized carbons (Fsp3) is 0.125. The third-order valence-corrected chi connectivity index (χ3v) is 6.46. The van der Waals surface area contributed by atoms with Gasteiger partial charge in [-0.05, 0) is 34.7 Å². The summed E-state index contributed by atoms with van der Waals surface area (Å²) < 4.78 is 0. The van der Waals surface area contributed by atoms with Crippen LogP contribution in [0.5, 0.6) is 0 Å². The minimum atomic E-state index is -0.00150. The number of benzene rings is 4. The van der Waals surface area contributed by atoms with E-state index in [-0.39, 0.29) is 24.9 Å². The van der Waals surface area contributed by atoms with Crippen molar-refractivity contribution in [3.8, 4) is 0 Å². The molecule has 10 heteroatoms. The third kappa shape index (κ3) is 8.12. The molecule has 2 amide bonds. The van der Waals surface area contributed by atoms with Crippen molar-refractivity contribution in [2.45, 2.75) is 0 Å². The van der Waals surface area contributed by atoms with Crippen molar-refractivity contribution in [2.24, 2.45) is 9.98 Å². The average Bonchev–Trinajstić information content (AvgIpc) is 3.28. The van der Waals surface area contributed by atoms with Gasteiger partial charge in [0.05, 0.1) is 0 Å². The maximum absolute atomic E-state index is 12.0.